The molecule has 0 radical (unpaired) electrons. The minimum absolute atomic E-state index is 0.203. The lowest BCUT2D eigenvalue weighted by atomic mass is 9.86. The summed E-state index contributed by atoms with van der Waals surface area (Å²) in [5.41, 5.74) is 8.73. The number of hydrazone groups is 1. The van der Waals surface area contributed by atoms with E-state index in [0.717, 1.165) is 12.0 Å². The molecule has 0 spiro atoms. The summed E-state index contributed by atoms with van der Waals surface area (Å²) < 4.78 is 10.6. The topological polar surface area (TPSA) is 98.0 Å². The van der Waals surface area contributed by atoms with Crippen molar-refractivity contribution in [2.24, 2.45) is 16.8 Å². The van der Waals surface area contributed by atoms with Gasteiger partial charge in [0.2, 0.25) is 0 Å². The second-order valence-electron chi connectivity index (χ2n) is 6.38. The quantitative estimate of drug-likeness (QED) is 0.381. The second-order valence-corrected chi connectivity index (χ2v) is 6.79. The zero-order valence-corrected chi connectivity index (χ0v) is 16.0. The number of amides is 1. The van der Waals surface area contributed by atoms with Crippen molar-refractivity contribution in [2.45, 2.75) is 38.6 Å². The number of primary amides is 1. The van der Waals surface area contributed by atoms with Crippen LogP contribution in [0.4, 0.5) is 0 Å². The van der Waals surface area contributed by atoms with E-state index in [0.29, 0.717) is 28.6 Å². The van der Waals surface area contributed by atoms with Crippen LogP contribution < -0.4 is 25.9 Å². The van der Waals surface area contributed by atoms with Crippen LogP contribution in [-0.4, -0.2) is 37.0 Å². The standard InChI is InChI=1S/C18H26N4O3S/c1-12-5-3-4-6-14(12)21-18(26)22-20-10-13-7-8-15(16(9-13)24-2)25-11-17(19)23/h7-10,12,14H,3-6,11H2,1-2H3,(H2,19,23)(H2,21,22,26)/b20-10-/t12-,14-/m0/s1. The predicted molar refractivity (Wildman–Crippen MR) is 106 cm³/mol. The van der Waals surface area contributed by atoms with Gasteiger partial charge in [-0.1, -0.05) is 19.8 Å². The third-order valence-corrected chi connectivity index (χ3v) is 4.57. The van der Waals surface area contributed by atoms with Crippen LogP contribution in [0.5, 0.6) is 11.5 Å². The molecule has 0 aliphatic heterocycles. The predicted octanol–water partition coefficient (Wildman–Crippen LogP) is 1.94. The highest BCUT2D eigenvalue weighted by Gasteiger charge is 2.21. The van der Waals surface area contributed by atoms with E-state index in [1.54, 1.807) is 24.4 Å². The number of rotatable bonds is 7. The molecule has 1 amide bonds. The average Bonchev–Trinajstić information content (AvgIpc) is 2.62. The molecule has 1 saturated carbocycles. The van der Waals surface area contributed by atoms with E-state index < -0.39 is 5.91 Å². The van der Waals surface area contributed by atoms with Crippen LogP contribution >= 0.6 is 12.2 Å². The average molecular weight is 378 g/mol. The van der Waals surface area contributed by atoms with Crippen molar-refractivity contribution in [1.82, 2.24) is 10.7 Å². The number of hydrogen-bond acceptors (Lipinski definition) is 5. The summed E-state index contributed by atoms with van der Waals surface area (Å²) in [7, 11) is 1.52. The van der Waals surface area contributed by atoms with Crippen LogP contribution in [0.1, 0.15) is 38.2 Å². The maximum Gasteiger partial charge on any atom is 0.255 e. The van der Waals surface area contributed by atoms with Gasteiger partial charge >= 0.3 is 0 Å². The van der Waals surface area contributed by atoms with Crippen molar-refractivity contribution in [2.75, 3.05) is 13.7 Å². The number of benzene rings is 1. The monoisotopic (exact) mass is 378 g/mol. The molecule has 1 aliphatic rings. The lowest BCUT2D eigenvalue weighted by Gasteiger charge is -2.30. The van der Waals surface area contributed by atoms with E-state index >= 15 is 0 Å². The molecule has 0 bridgehead atoms. The SMILES string of the molecule is COc1cc(/C=N\NC(=S)N[C@H]2CCCC[C@@H]2C)ccc1OCC(N)=O. The van der Waals surface area contributed by atoms with Gasteiger partial charge in [-0.05, 0) is 54.7 Å². The van der Waals surface area contributed by atoms with Gasteiger partial charge in [-0.3, -0.25) is 10.2 Å². The molecule has 1 aliphatic carbocycles. The molecule has 0 aromatic heterocycles. The first-order valence-electron chi connectivity index (χ1n) is 8.68. The summed E-state index contributed by atoms with van der Waals surface area (Å²) in [6.45, 7) is 2.04. The molecule has 0 unspecified atom stereocenters. The summed E-state index contributed by atoms with van der Waals surface area (Å²) in [6, 6.07) is 5.65. The smallest absolute Gasteiger partial charge is 0.255 e. The molecule has 0 saturated heterocycles. The number of nitrogens with zero attached hydrogens (tertiary/aromatic N) is 1. The number of ether oxygens (including phenoxy) is 2. The molecule has 0 heterocycles. The molecule has 2 atom stereocenters. The number of carbonyl (C=O) groups is 1. The van der Waals surface area contributed by atoms with Crippen molar-refractivity contribution < 1.29 is 14.3 Å². The van der Waals surface area contributed by atoms with Gasteiger partial charge in [-0.25, -0.2) is 0 Å². The van der Waals surface area contributed by atoms with E-state index in [-0.39, 0.29) is 6.61 Å². The highest BCUT2D eigenvalue weighted by Crippen LogP contribution is 2.27. The minimum Gasteiger partial charge on any atom is -0.493 e. The molecule has 142 valence electrons. The van der Waals surface area contributed by atoms with Crippen LogP contribution in [0.25, 0.3) is 0 Å². The van der Waals surface area contributed by atoms with Gasteiger partial charge in [-0.2, -0.15) is 5.10 Å². The van der Waals surface area contributed by atoms with Crippen LogP contribution in [0.15, 0.2) is 23.3 Å². The summed E-state index contributed by atoms with van der Waals surface area (Å²) in [5.74, 6) is 1.01. The Bertz CT molecular complexity index is 666. The normalized spacial score (nSPS) is 19.8. The van der Waals surface area contributed by atoms with Crippen molar-refractivity contribution in [3.8, 4) is 11.5 Å². The Labute approximate surface area is 159 Å². The maximum absolute atomic E-state index is 10.8. The molecule has 2 rings (SSSR count). The fourth-order valence-electron chi connectivity index (χ4n) is 2.93. The first kappa shape index (κ1) is 20.0. The zero-order chi connectivity index (χ0) is 18.9. The Morgan fingerprint density at radius 2 is 2.15 bits per heavy atom. The fourth-order valence-corrected chi connectivity index (χ4v) is 3.13. The summed E-state index contributed by atoms with van der Waals surface area (Å²) in [6.07, 6.45) is 6.53. The third kappa shape index (κ3) is 6.18. The van der Waals surface area contributed by atoms with E-state index in [9.17, 15) is 4.79 Å². The van der Waals surface area contributed by atoms with Crippen LogP contribution in [0.2, 0.25) is 0 Å². The van der Waals surface area contributed by atoms with E-state index in [1.807, 2.05) is 0 Å². The molecule has 7 nitrogen and oxygen atoms in total. The lowest BCUT2D eigenvalue weighted by molar-refractivity contribution is -0.119. The molecular weight excluding hydrogens is 352 g/mol. The molecule has 4 N–H and O–H groups in total. The first-order chi connectivity index (χ1) is 12.5. The minimum atomic E-state index is -0.546. The number of methoxy groups -OCH3 is 1. The Morgan fingerprint density at radius 3 is 2.85 bits per heavy atom. The van der Waals surface area contributed by atoms with Gasteiger partial charge in [0.25, 0.3) is 5.91 Å². The Balaban J connectivity index is 1.88. The van der Waals surface area contributed by atoms with Gasteiger partial charge in [0.15, 0.2) is 23.2 Å². The van der Waals surface area contributed by atoms with Crippen molar-refractivity contribution >= 4 is 29.5 Å². The molecule has 1 fully saturated rings. The van der Waals surface area contributed by atoms with Crippen molar-refractivity contribution in [3.63, 3.8) is 0 Å². The number of thiocarbonyl (C=S) groups is 1. The highest BCUT2D eigenvalue weighted by atomic mass is 32.1. The first-order valence-corrected chi connectivity index (χ1v) is 9.09. The van der Waals surface area contributed by atoms with Crippen LogP contribution in [0.3, 0.4) is 0 Å². The highest BCUT2D eigenvalue weighted by molar-refractivity contribution is 7.80. The number of carbonyl (C=O) groups excluding carboxylic acids is 1. The van der Waals surface area contributed by atoms with Gasteiger partial charge in [0.1, 0.15) is 0 Å². The molecule has 26 heavy (non-hydrogen) atoms. The second kappa shape index (κ2) is 9.96. The molecule has 1 aromatic carbocycles. The Morgan fingerprint density at radius 1 is 1.38 bits per heavy atom. The zero-order valence-electron chi connectivity index (χ0n) is 15.2. The van der Waals surface area contributed by atoms with Crippen molar-refractivity contribution in [3.05, 3.63) is 23.8 Å². The van der Waals surface area contributed by atoms with Crippen LogP contribution in [-0.2, 0) is 4.79 Å². The molecular formula is C18H26N4O3S. The molecule has 8 heteroatoms. The maximum atomic E-state index is 10.8. The molecule has 1 aromatic rings. The number of hydrogen-bond donors (Lipinski definition) is 3. The third-order valence-electron chi connectivity index (χ3n) is 4.37. The van der Waals surface area contributed by atoms with E-state index in [2.05, 4.69) is 22.8 Å². The largest absolute Gasteiger partial charge is 0.493 e. The fraction of sp³-hybridized carbons (Fsp3) is 0.500. The van der Waals surface area contributed by atoms with Gasteiger partial charge in [-0.15, -0.1) is 0 Å². The summed E-state index contributed by atoms with van der Waals surface area (Å²) in [4.78, 5) is 10.8. The Kier molecular flexibility index (Phi) is 7.65. The lowest BCUT2D eigenvalue weighted by Crippen LogP contribution is -2.44. The van der Waals surface area contributed by atoms with Gasteiger partial charge in [0, 0.05) is 6.04 Å². The Hall–Kier alpha value is -2.35. The van der Waals surface area contributed by atoms with Crippen molar-refractivity contribution in [1.29, 1.82) is 0 Å². The summed E-state index contributed by atoms with van der Waals surface area (Å²) >= 11 is 5.31. The number of nitrogens with two attached hydrogens (primary N) is 1. The van der Waals surface area contributed by atoms with E-state index in [4.69, 9.17) is 27.4 Å². The van der Waals surface area contributed by atoms with Gasteiger partial charge < -0.3 is 20.5 Å². The number of nitrogens with one attached hydrogen (secondary N) is 2. The van der Waals surface area contributed by atoms with Gasteiger partial charge in [0.05, 0.1) is 13.3 Å². The summed E-state index contributed by atoms with van der Waals surface area (Å²) in [5, 5.41) is 8.02. The van der Waals surface area contributed by atoms with E-state index in [1.165, 1.54) is 26.4 Å². The van der Waals surface area contributed by atoms with Crippen LogP contribution in [0, 0.1) is 5.92 Å².